The van der Waals surface area contributed by atoms with Gasteiger partial charge >= 0.3 is 6.09 Å². The van der Waals surface area contributed by atoms with Gasteiger partial charge in [0.15, 0.2) is 8.32 Å². The van der Waals surface area contributed by atoms with Crippen LogP contribution in [0.4, 0.5) is 10.5 Å². The molecule has 0 aliphatic heterocycles. The van der Waals surface area contributed by atoms with Gasteiger partial charge in [0.1, 0.15) is 0 Å². The quantitative estimate of drug-likeness (QED) is 0.575. The molecule has 1 aromatic rings. The van der Waals surface area contributed by atoms with Crippen LogP contribution in [0, 0.1) is 0 Å². The van der Waals surface area contributed by atoms with Crippen molar-refractivity contribution in [3.8, 4) is 0 Å². The Labute approximate surface area is 134 Å². The third kappa shape index (κ3) is 4.85. The molecule has 1 aromatic carbocycles. The monoisotopic (exact) mass is 321 g/mol. The van der Waals surface area contributed by atoms with E-state index in [1.807, 2.05) is 12.1 Å². The van der Waals surface area contributed by atoms with E-state index in [0.717, 1.165) is 31.4 Å². The molecule has 0 aromatic heterocycles. The first-order valence-corrected chi connectivity index (χ1v) is 11.5. The van der Waals surface area contributed by atoms with Crippen LogP contribution in [-0.4, -0.2) is 21.0 Å². The Balaban J connectivity index is 1.92. The number of amides is 1. The Morgan fingerprint density at radius 3 is 2.36 bits per heavy atom. The van der Waals surface area contributed by atoms with E-state index in [-0.39, 0.29) is 11.7 Å². The van der Waals surface area contributed by atoms with E-state index >= 15 is 0 Å². The molecule has 1 saturated carbocycles. The summed E-state index contributed by atoms with van der Waals surface area (Å²) in [7, 11) is -1.56. The first-order chi connectivity index (χ1) is 10.3. The van der Waals surface area contributed by atoms with Crippen LogP contribution >= 0.6 is 0 Å². The molecule has 0 atom stereocenters. The maximum atomic E-state index is 11.6. The summed E-state index contributed by atoms with van der Waals surface area (Å²) >= 11 is 0. The van der Waals surface area contributed by atoms with Crippen LogP contribution in [-0.2, 0) is 14.8 Å². The van der Waals surface area contributed by atoms with Crippen molar-refractivity contribution in [3.05, 3.63) is 29.8 Å². The largest absolute Gasteiger partial charge is 0.449 e. The molecule has 0 bridgehead atoms. The smallest absolute Gasteiger partial charge is 0.411 e. The molecule has 0 spiro atoms. The van der Waals surface area contributed by atoms with Crippen molar-refractivity contribution in [2.75, 3.05) is 11.9 Å². The summed E-state index contributed by atoms with van der Waals surface area (Å²) in [4.78, 5) is 11.6. The molecule has 0 heterocycles. The number of hydrogen-bond donors (Lipinski definition) is 1. The van der Waals surface area contributed by atoms with Gasteiger partial charge in [-0.2, -0.15) is 0 Å². The van der Waals surface area contributed by atoms with Crippen molar-refractivity contribution in [2.24, 2.45) is 0 Å². The maximum Gasteiger partial charge on any atom is 0.411 e. The highest BCUT2D eigenvalue weighted by Gasteiger charge is 2.48. The number of carbonyl (C=O) groups is 1. The van der Waals surface area contributed by atoms with Crippen molar-refractivity contribution >= 4 is 20.1 Å². The standard InChI is InChI=1S/C17H27NO3Si/c1-5-6-13-20-16(19)18-15-9-7-14(8-10-15)17(11-12-17)21-22(2,3)4/h7-10H,5-6,11-13H2,1-4H3,(H,18,19). The summed E-state index contributed by atoms with van der Waals surface area (Å²) in [6.07, 6.45) is 3.69. The average Bonchev–Trinajstić information content (AvgIpc) is 3.18. The summed E-state index contributed by atoms with van der Waals surface area (Å²) in [5.41, 5.74) is 1.89. The molecule has 4 nitrogen and oxygen atoms in total. The second kappa shape index (κ2) is 6.83. The van der Waals surface area contributed by atoms with Gasteiger partial charge in [0.25, 0.3) is 0 Å². The molecular formula is C17H27NO3Si. The highest BCUT2D eigenvalue weighted by molar-refractivity contribution is 6.69. The lowest BCUT2D eigenvalue weighted by atomic mass is 10.1. The van der Waals surface area contributed by atoms with Gasteiger partial charge in [0, 0.05) is 5.69 Å². The zero-order valence-corrected chi connectivity index (χ0v) is 15.1. The van der Waals surface area contributed by atoms with Crippen LogP contribution in [0.1, 0.15) is 38.2 Å². The molecule has 0 radical (unpaired) electrons. The van der Waals surface area contributed by atoms with Crippen molar-refractivity contribution in [1.82, 2.24) is 0 Å². The second-order valence-corrected chi connectivity index (χ2v) is 11.3. The number of nitrogens with one attached hydrogen (secondary N) is 1. The average molecular weight is 321 g/mol. The minimum atomic E-state index is -1.56. The van der Waals surface area contributed by atoms with E-state index in [0.29, 0.717) is 6.61 Å². The van der Waals surface area contributed by atoms with Gasteiger partial charge in [0.05, 0.1) is 12.2 Å². The van der Waals surface area contributed by atoms with E-state index in [9.17, 15) is 4.79 Å². The number of unbranched alkanes of at least 4 members (excludes halogenated alkanes) is 1. The zero-order valence-electron chi connectivity index (χ0n) is 14.1. The summed E-state index contributed by atoms with van der Waals surface area (Å²) in [6.45, 7) is 9.18. The lowest BCUT2D eigenvalue weighted by Gasteiger charge is -2.26. The topological polar surface area (TPSA) is 47.6 Å². The Kier molecular flexibility index (Phi) is 5.29. The van der Waals surface area contributed by atoms with Gasteiger partial charge < -0.3 is 9.16 Å². The van der Waals surface area contributed by atoms with Crippen molar-refractivity contribution in [3.63, 3.8) is 0 Å². The fraction of sp³-hybridized carbons (Fsp3) is 0.588. The van der Waals surface area contributed by atoms with Crippen LogP contribution in [0.25, 0.3) is 0 Å². The van der Waals surface area contributed by atoms with Crippen LogP contribution in [0.5, 0.6) is 0 Å². The number of anilines is 1. The summed E-state index contributed by atoms with van der Waals surface area (Å²) < 4.78 is 11.4. The van der Waals surface area contributed by atoms with Gasteiger partial charge in [-0.25, -0.2) is 4.79 Å². The Hall–Kier alpha value is -1.33. The first-order valence-electron chi connectivity index (χ1n) is 8.09. The first kappa shape index (κ1) is 17.0. The second-order valence-electron chi connectivity index (χ2n) is 6.90. The lowest BCUT2D eigenvalue weighted by molar-refractivity contribution is 0.160. The van der Waals surface area contributed by atoms with Crippen molar-refractivity contribution < 1.29 is 14.0 Å². The molecule has 0 saturated heterocycles. The molecule has 1 aliphatic rings. The van der Waals surface area contributed by atoms with E-state index in [1.165, 1.54) is 5.56 Å². The predicted octanol–water partition coefficient (Wildman–Crippen LogP) is 4.88. The lowest BCUT2D eigenvalue weighted by Crippen LogP contribution is -2.32. The predicted molar refractivity (Wildman–Crippen MR) is 91.7 cm³/mol. The number of ether oxygens (including phenoxy) is 1. The molecule has 1 amide bonds. The van der Waals surface area contributed by atoms with Crippen LogP contribution < -0.4 is 5.32 Å². The van der Waals surface area contributed by atoms with Gasteiger partial charge in [-0.1, -0.05) is 25.5 Å². The maximum absolute atomic E-state index is 11.6. The minimum Gasteiger partial charge on any atom is -0.449 e. The normalized spacial score (nSPS) is 16.2. The fourth-order valence-corrected chi connectivity index (χ4v) is 3.96. The van der Waals surface area contributed by atoms with Crippen LogP contribution in [0.3, 0.4) is 0 Å². The summed E-state index contributed by atoms with van der Waals surface area (Å²) in [5, 5.41) is 2.75. The Bertz CT molecular complexity index is 504. The number of benzene rings is 1. The van der Waals surface area contributed by atoms with Gasteiger partial charge in [0.2, 0.25) is 0 Å². The third-order valence-corrected chi connectivity index (χ3v) is 4.60. The molecule has 22 heavy (non-hydrogen) atoms. The molecular weight excluding hydrogens is 294 g/mol. The molecule has 0 unspecified atom stereocenters. The number of carbonyl (C=O) groups excluding carboxylic acids is 1. The van der Waals surface area contributed by atoms with Crippen molar-refractivity contribution in [2.45, 2.75) is 57.8 Å². The van der Waals surface area contributed by atoms with E-state index in [4.69, 9.17) is 9.16 Å². The number of hydrogen-bond acceptors (Lipinski definition) is 3. The minimum absolute atomic E-state index is 0.0787. The van der Waals surface area contributed by atoms with Crippen molar-refractivity contribution in [1.29, 1.82) is 0 Å². The third-order valence-electron chi connectivity index (χ3n) is 3.59. The van der Waals surface area contributed by atoms with Gasteiger partial charge in [-0.15, -0.1) is 0 Å². The molecule has 2 rings (SSSR count). The molecule has 5 heteroatoms. The highest BCUT2D eigenvalue weighted by Crippen LogP contribution is 2.51. The molecule has 1 fully saturated rings. The van der Waals surface area contributed by atoms with Gasteiger partial charge in [-0.3, -0.25) is 5.32 Å². The van der Waals surface area contributed by atoms with E-state index in [2.05, 4.69) is 44.0 Å². The van der Waals surface area contributed by atoms with Gasteiger partial charge in [-0.05, 0) is 56.6 Å². The molecule has 1 aliphatic carbocycles. The van der Waals surface area contributed by atoms with Crippen LogP contribution in [0.15, 0.2) is 24.3 Å². The zero-order chi connectivity index (χ0) is 16.2. The summed E-state index contributed by atoms with van der Waals surface area (Å²) in [5.74, 6) is 0. The van der Waals surface area contributed by atoms with Crippen LogP contribution in [0.2, 0.25) is 19.6 Å². The SMILES string of the molecule is CCCCOC(=O)Nc1ccc(C2(O[Si](C)(C)C)CC2)cc1. The highest BCUT2D eigenvalue weighted by atomic mass is 28.4. The molecule has 1 N–H and O–H groups in total. The Morgan fingerprint density at radius 1 is 1.23 bits per heavy atom. The fourth-order valence-electron chi connectivity index (χ4n) is 2.47. The number of rotatable bonds is 7. The Morgan fingerprint density at radius 2 is 1.86 bits per heavy atom. The van der Waals surface area contributed by atoms with E-state index in [1.54, 1.807) is 0 Å². The van der Waals surface area contributed by atoms with E-state index < -0.39 is 8.32 Å². The molecule has 122 valence electrons. The summed E-state index contributed by atoms with van der Waals surface area (Å²) in [6, 6.07) is 7.94.